The Balaban J connectivity index is 1.88. The first-order valence-corrected chi connectivity index (χ1v) is 8.15. The molecule has 1 atom stereocenters. The van der Waals surface area contributed by atoms with Gasteiger partial charge in [0.15, 0.2) is 0 Å². The second-order valence-corrected chi connectivity index (χ2v) is 5.93. The summed E-state index contributed by atoms with van der Waals surface area (Å²) >= 11 is 0. The molecule has 0 spiro atoms. The molecule has 5 nitrogen and oxygen atoms in total. The Bertz CT molecular complexity index is 532. The number of carbonyl (C=O) groups excluding carboxylic acids is 2. The van der Waals surface area contributed by atoms with Gasteiger partial charge in [0.1, 0.15) is 0 Å². The number of benzene rings is 1. The molecule has 2 aliphatic rings. The Hall–Kier alpha value is -1.72. The zero-order chi connectivity index (χ0) is 15.5. The van der Waals surface area contributed by atoms with Crippen LogP contribution in [0.4, 0.5) is 0 Å². The fourth-order valence-electron chi connectivity index (χ4n) is 3.32. The number of imide groups is 1. The number of amides is 2. The van der Waals surface area contributed by atoms with Crippen LogP contribution in [0.1, 0.15) is 46.9 Å². The van der Waals surface area contributed by atoms with Gasteiger partial charge in [-0.2, -0.15) is 0 Å². The number of rotatable bonds is 5. The molecule has 0 aromatic heterocycles. The van der Waals surface area contributed by atoms with Crippen molar-refractivity contribution in [2.75, 3.05) is 26.2 Å². The monoisotopic (exact) mass is 301 g/mol. The summed E-state index contributed by atoms with van der Waals surface area (Å²) in [7, 11) is 0. The van der Waals surface area contributed by atoms with E-state index in [0.29, 0.717) is 11.1 Å². The van der Waals surface area contributed by atoms with Crippen LogP contribution in [0, 0.1) is 0 Å². The molecule has 3 rings (SSSR count). The van der Waals surface area contributed by atoms with Crippen molar-refractivity contribution in [1.82, 2.24) is 15.1 Å². The quantitative estimate of drug-likeness (QED) is 0.841. The van der Waals surface area contributed by atoms with Crippen molar-refractivity contribution in [2.45, 2.75) is 32.4 Å². The number of hydrogen-bond acceptors (Lipinski definition) is 4. The largest absolute Gasteiger partial charge is 0.314 e. The SMILES string of the molecule is CCCCC(N1CCNCC1)N1C(=O)c2ccccc2C1=O. The van der Waals surface area contributed by atoms with Crippen molar-refractivity contribution in [1.29, 1.82) is 0 Å². The van der Waals surface area contributed by atoms with Gasteiger partial charge in [-0.25, -0.2) is 0 Å². The van der Waals surface area contributed by atoms with E-state index >= 15 is 0 Å². The third-order valence-corrected chi connectivity index (χ3v) is 4.51. The van der Waals surface area contributed by atoms with E-state index in [4.69, 9.17) is 0 Å². The number of carbonyl (C=O) groups is 2. The zero-order valence-electron chi connectivity index (χ0n) is 13.0. The molecule has 1 aromatic carbocycles. The lowest BCUT2D eigenvalue weighted by atomic mass is 10.1. The van der Waals surface area contributed by atoms with Crippen LogP contribution in [0.3, 0.4) is 0 Å². The van der Waals surface area contributed by atoms with Gasteiger partial charge >= 0.3 is 0 Å². The highest BCUT2D eigenvalue weighted by atomic mass is 16.2. The second-order valence-electron chi connectivity index (χ2n) is 5.93. The summed E-state index contributed by atoms with van der Waals surface area (Å²) in [5.74, 6) is -0.277. The number of nitrogens with zero attached hydrogens (tertiary/aromatic N) is 2. The first kappa shape index (κ1) is 15.2. The molecule has 1 unspecified atom stereocenters. The maximum absolute atomic E-state index is 12.7. The van der Waals surface area contributed by atoms with Gasteiger partial charge in [-0.3, -0.25) is 19.4 Å². The van der Waals surface area contributed by atoms with Gasteiger partial charge in [0.25, 0.3) is 11.8 Å². The Labute approximate surface area is 131 Å². The van der Waals surface area contributed by atoms with Gasteiger partial charge in [-0.05, 0) is 18.6 Å². The molecule has 2 heterocycles. The number of fused-ring (bicyclic) bond motifs is 1. The predicted octanol–water partition coefficient (Wildman–Crippen LogP) is 1.70. The van der Waals surface area contributed by atoms with Crippen LogP contribution in [-0.2, 0) is 0 Å². The van der Waals surface area contributed by atoms with E-state index in [9.17, 15) is 9.59 Å². The summed E-state index contributed by atoms with van der Waals surface area (Å²) in [6, 6.07) is 7.15. The van der Waals surface area contributed by atoms with Crippen LogP contribution in [0.2, 0.25) is 0 Å². The molecular weight excluding hydrogens is 278 g/mol. The topological polar surface area (TPSA) is 52.6 Å². The molecule has 5 heteroatoms. The van der Waals surface area contributed by atoms with E-state index in [1.165, 1.54) is 4.90 Å². The van der Waals surface area contributed by atoms with Crippen LogP contribution >= 0.6 is 0 Å². The van der Waals surface area contributed by atoms with E-state index in [2.05, 4.69) is 17.1 Å². The third kappa shape index (κ3) is 2.66. The first-order valence-electron chi connectivity index (χ1n) is 8.15. The van der Waals surface area contributed by atoms with Gasteiger partial charge in [-0.1, -0.05) is 31.9 Å². The maximum atomic E-state index is 12.7. The summed E-state index contributed by atoms with van der Waals surface area (Å²) in [4.78, 5) is 29.2. The lowest BCUT2D eigenvalue weighted by Gasteiger charge is -2.39. The van der Waals surface area contributed by atoms with Crippen molar-refractivity contribution in [3.05, 3.63) is 35.4 Å². The van der Waals surface area contributed by atoms with Crippen LogP contribution in [0.5, 0.6) is 0 Å². The van der Waals surface area contributed by atoms with Crippen molar-refractivity contribution in [3.8, 4) is 0 Å². The second kappa shape index (κ2) is 6.58. The minimum atomic E-state index is -0.139. The van der Waals surface area contributed by atoms with E-state index in [-0.39, 0.29) is 18.0 Å². The molecule has 1 fully saturated rings. The van der Waals surface area contributed by atoms with Crippen molar-refractivity contribution < 1.29 is 9.59 Å². The first-order chi connectivity index (χ1) is 10.7. The van der Waals surface area contributed by atoms with Gasteiger partial charge in [-0.15, -0.1) is 0 Å². The minimum Gasteiger partial charge on any atom is -0.314 e. The summed E-state index contributed by atoms with van der Waals surface area (Å²) in [5, 5.41) is 3.33. The zero-order valence-corrected chi connectivity index (χ0v) is 13.0. The van der Waals surface area contributed by atoms with Gasteiger partial charge in [0, 0.05) is 26.2 Å². The Morgan fingerprint density at radius 1 is 1.09 bits per heavy atom. The van der Waals surface area contributed by atoms with Crippen LogP contribution in [0.15, 0.2) is 24.3 Å². The maximum Gasteiger partial charge on any atom is 0.262 e. The van der Waals surface area contributed by atoms with E-state index in [0.717, 1.165) is 45.4 Å². The van der Waals surface area contributed by atoms with Crippen molar-refractivity contribution >= 4 is 11.8 Å². The lowest BCUT2D eigenvalue weighted by molar-refractivity contribution is 0.0239. The summed E-state index contributed by atoms with van der Waals surface area (Å²) < 4.78 is 0. The number of piperazine rings is 1. The van der Waals surface area contributed by atoms with Crippen molar-refractivity contribution in [2.24, 2.45) is 0 Å². The average molecular weight is 301 g/mol. The molecule has 2 aliphatic heterocycles. The minimum absolute atomic E-state index is 0.116. The van der Waals surface area contributed by atoms with E-state index < -0.39 is 0 Å². The molecule has 2 amide bonds. The molecule has 118 valence electrons. The molecule has 22 heavy (non-hydrogen) atoms. The van der Waals surface area contributed by atoms with Gasteiger partial charge < -0.3 is 5.32 Å². The molecule has 0 radical (unpaired) electrons. The third-order valence-electron chi connectivity index (χ3n) is 4.51. The normalized spacial score (nSPS) is 20.3. The number of unbranched alkanes of at least 4 members (excludes halogenated alkanes) is 1. The summed E-state index contributed by atoms with van der Waals surface area (Å²) in [5.41, 5.74) is 1.09. The number of hydrogen-bond donors (Lipinski definition) is 1. The number of nitrogens with one attached hydrogen (secondary N) is 1. The van der Waals surface area contributed by atoms with Crippen LogP contribution in [-0.4, -0.2) is 54.0 Å². The summed E-state index contributed by atoms with van der Waals surface area (Å²) in [6.45, 7) is 5.71. The highest BCUT2D eigenvalue weighted by Crippen LogP contribution is 2.27. The average Bonchev–Trinajstić information content (AvgIpc) is 2.82. The van der Waals surface area contributed by atoms with Crippen LogP contribution in [0.25, 0.3) is 0 Å². The summed E-state index contributed by atoms with van der Waals surface area (Å²) in [6.07, 6.45) is 2.81. The molecule has 0 saturated carbocycles. The molecule has 0 bridgehead atoms. The molecule has 1 N–H and O–H groups in total. The fourth-order valence-corrected chi connectivity index (χ4v) is 3.32. The van der Waals surface area contributed by atoms with E-state index in [1.54, 1.807) is 12.1 Å². The fraction of sp³-hybridized carbons (Fsp3) is 0.529. The van der Waals surface area contributed by atoms with Gasteiger partial charge in [0.2, 0.25) is 0 Å². The van der Waals surface area contributed by atoms with Crippen molar-refractivity contribution in [3.63, 3.8) is 0 Å². The predicted molar refractivity (Wildman–Crippen MR) is 84.7 cm³/mol. The molecule has 1 saturated heterocycles. The van der Waals surface area contributed by atoms with Crippen LogP contribution < -0.4 is 5.32 Å². The highest BCUT2D eigenvalue weighted by Gasteiger charge is 2.41. The molecular formula is C17H23N3O2. The Morgan fingerprint density at radius 3 is 2.23 bits per heavy atom. The standard InChI is InChI=1S/C17H23N3O2/c1-2-3-8-15(19-11-9-18-10-12-19)20-16(21)13-6-4-5-7-14(13)17(20)22/h4-7,15,18H,2-3,8-12H2,1H3. The Morgan fingerprint density at radius 2 is 1.68 bits per heavy atom. The Kier molecular flexibility index (Phi) is 4.55. The van der Waals surface area contributed by atoms with Gasteiger partial charge in [0.05, 0.1) is 17.3 Å². The highest BCUT2D eigenvalue weighted by molar-refractivity contribution is 6.21. The van der Waals surface area contributed by atoms with E-state index in [1.807, 2.05) is 12.1 Å². The molecule has 1 aromatic rings. The smallest absolute Gasteiger partial charge is 0.262 e. The lowest BCUT2D eigenvalue weighted by Crippen LogP contribution is -2.56. The molecule has 0 aliphatic carbocycles.